The van der Waals surface area contributed by atoms with Crippen molar-refractivity contribution in [3.8, 4) is 5.75 Å². The highest BCUT2D eigenvalue weighted by Crippen LogP contribution is 2.25. The van der Waals surface area contributed by atoms with E-state index in [0.29, 0.717) is 21.9 Å². The van der Waals surface area contributed by atoms with E-state index in [2.05, 4.69) is 5.32 Å². The fourth-order valence-electron chi connectivity index (χ4n) is 2.85. The highest BCUT2D eigenvalue weighted by molar-refractivity contribution is 6.45. The molecule has 0 atom stereocenters. The lowest BCUT2D eigenvalue weighted by molar-refractivity contribution is -0.143. The third-order valence-corrected chi connectivity index (χ3v) is 4.25. The Bertz CT molecular complexity index is 942. The molecule has 144 valence electrons. The Hall–Kier alpha value is -3.68. The zero-order chi connectivity index (χ0) is 20.3. The standard InChI is InChI=1S/C20H19N3O5/c1-13-8-9-16(28-2)15(10-13)21-17(24)12-23-19(26)18(25)22(20(23)27)11-14-6-4-3-5-7-14/h3-10H,11-12H2,1-2H3,(H,21,24). The predicted molar refractivity (Wildman–Crippen MR) is 100 cm³/mol. The number of ether oxygens (including phenoxy) is 1. The Balaban J connectivity index is 1.71. The van der Waals surface area contributed by atoms with Crippen molar-refractivity contribution >= 4 is 29.4 Å². The van der Waals surface area contributed by atoms with Gasteiger partial charge in [0.05, 0.1) is 19.3 Å². The lowest BCUT2D eigenvalue weighted by atomic mass is 10.2. The number of nitrogens with one attached hydrogen (secondary N) is 1. The van der Waals surface area contributed by atoms with Crippen LogP contribution < -0.4 is 10.1 Å². The molecular formula is C20H19N3O5. The smallest absolute Gasteiger partial charge is 0.335 e. The number of rotatable bonds is 6. The fraction of sp³-hybridized carbons (Fsp3) is 0.200. The minimum absolute atomic E-state index is 0.0337. The third kappa shape index (κ3) is 3.85. The molecule has 0 aromatic heterocycles. The van der Waals surface area contributed by atoms with Crippen LogP contribution in [0.5, 0.6) is 5.75 Å². The average Bonchev–Trinajstić information content (AvgIpc) is 2.87. The molecule has 1 N–H and O–H groups in total. The average molecular weight is 381 g/mol. The van der Waals surface area contributed by atoms with Crippen molar-refractivity contribution in [2.45, 2.75) is 13.5 Å². The van der Waals surface area contributed by atoms with Crippen molar-refractivity contribution in [1.29, 1.82) is 0 Å². The van der Waals surface area contributed by atoms with E-state index in [9.17, 15) is 19.2 Å². The molecule has 1 aliphatic rings. The molecule has 2 aromatic rings. The normalized spacial score (nSPS) is 13.9. The molecule has 0 aliphatic carbocycles. The molecule has 8 heteroatoms. The number of amides is 5. The number of carbonyl (C=O) groups excluding carboxylic acids is 4. The zero-order valence-electron chi connectivity index (χ0n) is 15.5. The van der Waals surface area contributed by atoms with Crippen molar-refractivity contribution in [1.82, 2.24) is 9.80 Å². The van der Waals surface area contributed by atoms with Crippen LogP contribution in [-0.4, -0.2) is 47.2 Å². The molecule has 1 aliphatic heterocycles. The van der Waals surface area contributed by atoms with Gasteiger partial charge in [0.25, 0.3) is 0 Å². The van der Waals surface area contributed by atoms with Gasteiger partial charge in [-0.3, -0.25) is 19.3 Å². The van der Waals surface area contributed by atoms with Crippen LogP contribution in [0, 0.1) is 6.92 Å². The SMILES string of the molecule is COc1ccc(C)cc1NC(=O)CN1C(=O)C(=O)N(Cc2ccccc2)C1=O. The summed E-state index contributed by atoms with van der Waals surface area (Å²) in [4.78, 5) is 50.7. The number of anilines is 1. The van der Waals surface area contributed by atoms with Gasteiger partial charge in [-0.05, 0) is 30.2 Å². The van der Waals surface area contributed by atoms with Crippen molar-refractivity contribution < 1.29 is 23.9 Å². The first-order valence-electron chi connectivity index (χ1n) is 8.56. The molecule has 5 amide bonds. The van der Waals surface area contributed by atoms with Crippen molar-refractivity contribution in [3.05, 3.63) is 59.7 Å². The molecule has 8 nitrogen and oxygen atoms in total. The van der Waals surface area contributed by atoms with Gasteiger partial charge in [0.15, 0.2) is 0 Å². The van der Waals surface area contributed by atoms with Gasteiger partial charge in [-0.1, -0.05) is 36.4 Å². The van der Waals surface area contributed by atoms with E-state index in [1.165, 1.54) is 7.11 Å². The van der Waals surface area contributed by atoms with Gasteiger partial charge >= 0.3 is 17.8 Å². The number of hydrogen-bond acceptors (Lipinski definition) is 5. The number of urea groups is 1. The second-order valence-electron chi connectivity index (χ2n) is 6.30. The monoisotopic (exact) mass is 381 g/mol. The Morgan fingerprint density at radius 3 is 2.36 bits per heavy atom. The van der Waals surface area contributed by atoms with Gasteiger partial charge in [-0.25, -0.2) is 9.69 Å². The number of benzene rings is 2. The summed E-state index contributed by atoms with van der Waals surface area (Å²) < 4.78 is 5.19. The van der Waals surface area contributed by atoms with E-state index in [1.807, 2.05) is 13.0 Å². The molecule has 2 aromatic carbocycles. The number of hydrogen-bond donors (Lipinski definition) is 1. The van der Waals surface area contributed by atoms with Gasteiger partial charge in [-0.2, -0.15) is 0 Å². The second-order valence-corrected chi connectivity index (χ2v) is 6.30. The Kier molecular flexibility index (Phi) is 5.39. The maximum absolute atomic E-state index is 12.5. The highest BCUT2D eigenvalue weighted by Gasteiger charge is 2.45. The van der Waals surface area contributed by atoms with Gasteiger partial charge < -0.3 is 10.1 Å². The van der Waals surface area contributed by atoms with Crippen LogP contribution in [0.1, 0.15) is 11.1 Å². The first kappa shape index (κ1) is 19.1. The number of nitrogens with zero attached hydrogens (tertiary/aromatic N) is 2. The molecule has 28 heavy (non-hydrogen) atoms. The molecule has 0 bridgehead atoms. The summed E-state index contributed by atoms with van der Waals surface area (Å²) in [5, 5.41) is 2.61. The topological polar surface area (TPSA) is 96.0 Å². The minimum atomic E-state index is -1.02. The van der Waals surface area contributed by atoms with E-state index in [1.54, 1.807) is 42.5 Å². The van der Waals surface area contributed by atoms with Gasteiger partial charge in [-0.15, -0.1) is 0 Å². The largest absolute Gasteiger partial charge is 0.495 e. The summed E-state index contributed by atoms with van der Waals surface area (Å²) in [6, 6.07) is 13.2. The molecule has 1 saturated heterocycles. The molecule has 0 unspecified atom stereocenters. The number of methoxy groups -OCH3 is 1. The third-order valence-electron chi connectivity index (χ3n) is 4.25. The summed E-state index contributed by atoms with van der Waals surface area (Å²) in [5.74, 6) is -2.14. The molecule has 1 heterocycles. The fourth-order valence-corrected chi connectivity index (χ4v) is 2.85. The molecule has 1 fully saturated rings. The Morgan fingerprint density at radius 1 is 1.00 bits per heavy atom. The first-order chi connectivity index (χ1) is 13.4. The summed E-state index contributed by atoms with van der Waals surface area (Å²) in [7, 11) is 1.47. The summed E-state index contributed by atoms with van der Waals surface area (Å²) in [6.07, 6.45) is 0. The van der Waals surface area contributed by atoms with E-state index >= 15 is 0 Å². The van der Waals surface area contributed by atoms with Crippen LogP contribution in [0.2, 0.25) is 0 Å². The van der Waals surface area contributed by atoms with Crippen LogP contribution in [0.3, 0.4) is 0 Å². The molecule has 0 saturated carbocycles. The van der Waals surface area contributed by atoms with Gasteiger partial charge in [0.2, 0.25) is 5.91 Å². The number of carbonyl (C=O) groups is 4. The lowest BCUT2D eigenvalue weighted by Gasteiger charge is -2.16. The Morgan fingerprint density at radius 2 is 1.68 bits per heavy atom. The zero-order valence-corrected chi connectivity index (χ0v) is 15.5. The highest BCUT2D eigenvalue weighted by atomic mass is 16.5. The molecule has 0 radical (unpaired) electrons. The lowest BCUT2D eigenvalue weighted by Crippen LogP contribution is -2.38. The maximum Gasteiger partial charge on any atom is 0.335 e. The second kappa shape index (κ2) is 7.91. The van der Waals surface area contributed by atoms with Crippen LogP contribution >= 0.6 is 0 Å². The van der Waals surface area contributed by atoms with E-state index in [4.69, 9.17) is 4.74 Å². The quantitative estimate of drug-likeness (QED) is 0.609. The van der Waals surface area contributed by atoms with Gasteiger partial charge in [0.1, 0.15) is 12.3 Å². The van der Waals surface area contributed by atoms with Crippen LogP contribution in [0.4, 0.5) is 10.5 Å². The van der Waals surface area contributed by atoms with Crippen LogP contribution in [0.25, 0.3) is 0 Å². The van der Waals surface area contributed by atoms with Crippen molar-refractivity contribution in [2.75, 3.05) is 19.0 Å². The van der Waals surface area contributed by atoms with Gasteiger partial charge in [0, 0.05) is 0 Å². The molecule has 0 spiro atoms. The summed E-state index contributed by atoms with van der Waals surface area (Å²) in [5.41, 5.74) is 2.01. The van der Waals surface area contributed by atoms with E-state index in [-0.39, 0.29) is 6.54 Å². The number of imide groups is 2. The summed E-state index contributed by atoms with van der Waals surface area (Å²) >= 11 is 0. The predicted octanol–water partition coefficient (Wildman–Crippen LogP) is 1.93. The van der Waals surface area contributed by atoms with E-state index < -0.39 is 30.3 Å². The number of aryl methyl sites for hydroxylation is 1. The summed E-state index contributed by atoms with van der Waals surface area (Å²) in [6.45, 7) is 1.25. The minimum Gasteiger partial charge on any atom is -0.495 e. The molecule has 3 rings (SSSR count). The molecular weight excluding hydrogens is 362 g/mol. The van der Waals surface area contributed by atoms with Crippen molar-refractivity contribution in [3.63, 3.8) is 0 Å². The van der Waals surface area contributed by atoms with Crippen LogP contribution in [0.15, 0.2) is 48.5 Å². The first-order valence-corrected chi connectivity index (χ1v) is 8.56. The maximum atomic E-state index is 12.5. The van der Waals surface area contributed by atoms with Crippen LogP contribution in [-0.2, 0) is 20.9 Å². The van der Waals surface area contributed by atoms with Crippen molar-refractivity contribution in [2.24, 2.45) is 0 Å². The van der Waals surface area contributed by atoms with E-state index in [0.717, 1.165) is 10.5 Å². The Labute approximate surface area is 161 Å².